The topological polar surface area (TPSA) is 149 Å². The van der Waals surface area contributed by atoms with Gasteiger partial charge in [0.2, 0.25) is 5.91 Å². The monoisotopic (exact) mass is 924 g/mol. The number of rotatable bonds is 43. The number of aliphatic hydroxyl groups excluding tert-OH is 5. The van der Waals surface area contributed by atoms with Crippen molar-refractivity contribution in [3.05, 3.63) is 97.2 Å². The second-order valence-electron chi connectivity index (χ2n) is 17.9. The molecule has 1 saturated heterocycles. The van der Waals surface area contributed by atoms with Crippen molar-refractivity contribution >= 4 is 5.91 Å². The first kappa shape index (κ1) is 61.1. The van der Waals surface area contributed by atoms with Gasteiger partial charge in [-0.05, 0) is 70.6 Å². The van der Waals surface area contributed by atoms with Crippen LogP contribution in [0.2, 0.25) is 0 Å². The predicted molar refractivity (Wildman–Crippen MR) is 276 cm³/mol. The molecular formula is C57H97NO8. The van der Waals surface area contributed by atoms with E-state index in [4.69, 9.17) is 9.47 Å². The number of allylic oxidation sites excluding steroid dienone is 15. The van der Waals surface area contributed by atoms with Crippen LogP contribution >= 0.6 is 0 Å². The van der Waals surface area contributed by atoms with Gasteiger partial charge in [-0.3, -0.25) is 4.79 Å². The molecule has 0 aromatic heterocycles. The molecule has 0 saturated carbocycles. The minimum atomic E-state index is -1.58. The van der Waals surface area contributed by atoms with Crippen LogP contribution in [0.1, 0.15) is 200 Å². The fourth-order valence-corrected chi connectivity index (χ4v) is 7.73. The SMILES string of the molecule is CC/C=C\C/C=C\C/C=C\C/C=C\C/C=C\C/C=C\C/C=C\CCCC(=O)NC(COC1OC(CO)C(O)C(O)C1O)C(O)/C=C/CCCCCCCCCCCCCCCCCCCC. The zero-order valence-corrected chi connectivity index (χ0v) is 41.7. The van der Waals surface area contributed by atoms with Crippen molar-refractivity contribution < 1.29 is 39.8 Å². The number of aliphatic hydroxyl groups is 5. The number of ether oxygens (including phenoxy) is 2. The van der Waals surface area contributed by atoms with Crippen LogP contribution in [-0.4, -0.2) is 87.5 Å². The predicted octanol–water partition coefficient (Wildman–Crippen LogP) is 12.5. The molecule has 9 heteroatoms. The standard InChI is InChI=1S/C57H97NO8/c1-3-5-7-9-11-13-15-17-19-21-23-25-26-27-29-31-33-35-37-39-41-43-45-47-53(61)58-50(49-65-57-56(64)55(63)54(62)52(48-59)66-57)51(60)46-44-42-40-38-36-34-32-30-28-24-22-20-18-16-14-12-10-8-6-4-2/h5,7,11,13,17,19,23,25,27,29,33,35,39,41,44,46,50-52,54-57,59-60,62-64H,3-4,6,8-10,12,14-16,18,20-22,24,26,28,30-32,34,36-38,40,42-43,45,47-49H2,1-2H3,(H,58,61)/b7-5-,13-11-,19-17-,25-23-,29-27-,35-33-,41-39-,46-44+. The number of amides is 1. The van der Waals surface area contributed by atoms with E-state index in [1.165, 1.54) is 103 Å². The molecule has 0 radical (unpaired) electrons. The van der Waals surface area contributed by atoms with Gasteiger partial charge in [-0.15, -0.1) is 0 Å². The molecule has 0 bridgehead atoms. The number of hydrogen-bond donors (Lipinski definition) is 6. The van der Waals surface area contributed by atoms with Gasteiger partial charge in [0, 0.05) is 6.42 Å². The lowest BCUT2D eigenvalue weighted by Crippen LogP contribution is -2.60. The number of unbranched alkanes of at least 4 members (excludes halogenated alkanes) is 19. The van der Waals surface area contributed by atoms with Crippen LogP contribution < -0.4 is 5.32 Å². The highest BCUT2D eigenvalue weighted by atomic mass is 16.7. The van der Waals surface area contributed by atoms with E-state index in [9.17, 15) is 30.3 Å². The van der Waals surface area contributed by atoms with Crippen LogP contribution in [0.25, 0.3) is 0 Å². The van der Waals surface area contributed by atoms with Crippen LogP contribution in [0, 0.1) is 0 Å². The number of nitrogens with one attached hydrogen (secondary N) is 1. The molecule has 0 spiro atoms. The second kappa shape index (κ2) is 45.9. The Morgan fingerprint density at radius 1 is 0.530 bits per heavy atom. The van der Waals surface area contributed by atoms with Crippen molar-refractivity contribution in [2.45, 2.75) is 243 Å². The van der Waals surface area contributed by atoms with Gasteiger partial charge in [0.1, 0.15) is 24.4 Å². The third-order valence-corrected chi connectivity index (χ3v) is 11.9. The molecule has 1 aliphatic heterocycles. The summed E-state index contributed by atoms with van der Waals surface area (Å²) in [6.07, 6.45) is 58.9. The molecule has 1 aliphatic rings. The van der Waals surface area contributed by atoms with E-state index >= 15 is 0 Å². The van der Waals surface area contributed by atoms with Gasteiger partial charge in [0.25, 0.3) is 0 Å². The second-order valence-corrected chi connectivity index (χ2v) is 17.9. The van der Waals surface area contributed by atoms with E-state index in [0.29, 0.717) is 6.42 Å². The summed E-state index contributed by atoms with van der Waals surface area (Å²) in [6, 6.07) is -0.843. The van der Waals surface area contributed by atoms with E-state index in [0.717, 1.165) is 70.6 Å². The Morgan fingerprint density at radius 3 is 1.38 bits per heavy atom. The van der Waals surface area contributed by atoms with Crippen molar-refractivity contribution in [1.29, 1.82) is 0 Å². The molecule has 66 heavy (non-hydrogen) atoms. The summed E-state index contributed by atoms with van der Waals surface area (Å²) in [5.41, 5.74) is 0. The first-order chi connectivity index (χ1) is 32.3. The van der Waals surface area contributed by atoms with Crippen molar-refractivity contribution in [3.63, 3.8) is 0 Å². The molecule has 0 aromatic carbocycles. The highest BCUT2D eigenvalue weighted by Crippen LogP contribution is 2.22. The van der Waals surface area contributed by atoms with E-state index < -0.39 is 49.5 Å². The summed E-state index contributed by atoms with van der Waals surface area (Å²) in [6.45, 7) is 3.63. The summed E-state index contributed by atoms with van der Waals surface area (Å²) < 4.78 is 11.2. The molecule has 1 rings (SSSR count). The van der Waals surface area contributed by atoms with Gasteiger partial charge in [0.05, 0.1) is 25.4 Å². The number of hydrogen-bond acceptors (Lipinski definition) is 8. The lowest BCUT2D eigenvalue weighted by molar-refractivity contribution is -0.302. The Bertz CT molecular complexity index is 1350. The van der Waals surface area contributed by atoms with Crippen LogP contribution in [0.4, 0.5) is 0 Å². The van der Waals surface area contributed by atoms with Gasteiger partial charge < -0.3 is 40.3 Å². The summed E-state index contributed by atoms with van der Waals surface area (Å²) in [4.78, 5) is 13.0. The minimum absolute atomic E-state index is 0.217. The molecule has 1 amide bonds. The number of carbonyl (C=O) groups excluding carboxylic acids is 1. The fraction of sp³-hybridized carbons (Fsp3) is 0.702. The van der Waals surface area contributed by atoms with E-state index in [2.05, 4.69) is 104 Å². The molecule has 1 fully saturated rings. The Labute approximate surface area is 403 Å². The Kier molecular flexibility index (Phi) is 42.5. The Morgan fingerprint density at radius 2 is 0.939 bits per heavy atom. The molecule has 378 valence electrons. The molecule has 1 heterocycles. The zero-order valence-electron chi connectivity index (χ0n) is 41.7. The van der Waals surface area contributed by atoms with Gasteiger partial charge in [0.15, 0.2) is 6.29 Å². The quantitative estimate of drug-likeness (QED) is 0.0262. The average Bonchev–Trinajstić information content (AvgIpc) is 3.32. The molecule has 7 atom stereocenters. The maximum absolute atomic E-state index is 13.0. The van der Waals surface area contributed by atoms with E-state index in [-0.39, 0.29) is 18.9 Å². The van der Waals surface area contributed by atoms with Crippen LogP contribution in [0.3, 0.4) is 0 Å². The number of carbonyl (C=O) groups is 1. The molecule has 9 nitrogen and oxygen atoms in total. The molecule has 0 aromatic rings. The fourth-order valence-electron chi connectivity index (χ4n) is 7.73. The third-order valence-electron chi connectivity index (χ3n) is 11.9. The highest BCUT2D eigenvalue weighted by molar-refractivity contribution is 5.76. The van der Waals surface area contributed by atoms with Gasteiger partial charge in [-0.1, -0.05) is 220 Å². The third kappa shape index (κ3) is 35.3. The Hall–Kier alpha value is -2.89. The lowest BCUT2D eigenvalue weighted by Gasteiger charge is -2.40. The maximum atomic E-state index is 13.0. The highest BCUT2D eigenvalue weighted by Gasteiger charge is 2.44. The minimum Gasteiger partial charge on any atom is -0.394 e. The van der Waals surface area contributed by atoms with Crippen molar-refractivity contribution in [3.8, 4) is 0 Å². The average molecular weight is 924 g/mol. The maximum Gasteiger partial charge on any atom is 0.220 e. The van der Waals surface area contributed by atoms with Gasteiger partial charge >= 0.3 is 0 Å². The van der Waals surface area contributed by atoms with Crippen LogP contribution in [0.15, 0.2) is 97.2 Å². The summed E-state index contributed by atoms with van der Waals surface area (Å²) in [7, 11) is 0. The summed E-state index contributed by atoms with van der Waals surface area (Å²) >= 11 is 0. The zero-order chi connectivity index (χ0) is 48.0. The van der Waals surface area contributed by atoms with Gasteiger partial charge in [-0.2, -0.15) is 0 Å². The van der Waals surface area contributed by atoms with Gasteiger partial charge in [-0.25, -0.2) is 0 Å². The van der Waals surface area contributed by atoms with E-state index in [1.54, 1.807) is 6.08 Å². The smallest absolute Gasteiger partial charge is 0.220 e. The van der Waals surface area contributed by atoms with Crippen LogP contribution in [-0.2, 0) is 14.3 Å². The first-order valence-electron chi connectivity index (χ1n) is 26.5. The largest absolute Gasteiger partial charge is 0.394 e. The summed E-state index contributed by atoms with van der Waals surface area (Å²) in [5.74, 6) is -0.237. The van der Waals surface area contributed by atoms with Crippen molar-refractivity contribution in [2.75, 3.05) is 13.2 Å². The Balaban J connectivity index is 2.35. The summed E-state index contributed by atoms with van der Waals surface area (Å²) in [5, 5.41) is 54.4. The molecular weight excluding hydrogens is 827 g/mol. The van der Waals surface area contributed by atoms with E-state index in [1.807, 2.05) is 6.08 Å². The lowest BCUT2D eigenvalue weighted by atomic mass is 9.99. The van der Waals surface area contributed by atoms with Crippen molar-refractivity contribution in [2.24, 2.45) is 0 Å². The van der Waals surface area contributed by atoms with Crippen molar-refractivity contribution in [1.82, 2.24) is 5.32 Å². The molecule has 6 N–H and O–H groups in total. The van der Waals surface area contributed by atoms with Crippen LogP contribution in [0.5, 0.6) is 0 Å². The first-order valence-corrected chi connectivity index (χ1v) is 26.5. The molecule has 7 unspecified atom stereocenters. The normalized spacial score (nSPS) is 20.6. The molecule has 0 aliphatic carbocycles.